The number of carboxylic acids is 1. The van der Waals surface area contributed by atoms with Crippen molar-refractivity contribution in [1.82, 2.24) is 10.6 Å². The Hall–Kier alpha value is -3.39. The monoisotopic (exact) mass is 440 g/mol. The Balaban J connectivity index is 1.66. The van der Waals surface area contributed by atoms with E-state index in [0.29, 0.717) is 0 Å². The standard InChI is InChI=1S/C24H28N2O6/c1-24(2,3)32-14-20(22(29)25-12-21(27)28)26-23(30)31-13-19-17-10-6-4-8-15(17)16-9-5-7-11-18(16)19/h4-11,19-20H,12-14H2,1-3H3,(H,25,29)(H,26,30)(H,27,28)/t20-/m1/s1. The topological polar surface area (TPSA) is 114 Å². The van der Waals surface area contributed by atoms with E-state index in [1.807, 2.05) is 69.3 Å². The fraction of sp³-hybridized carbons (Fsp3) is 0.375. The Morgan fingerprint density at radius 2 is 1.56 bits per heavy atom. The number of ether oxygens (including phenoxy) is 2. The maximum atomic E-state index is 12.5. The third-order valence-electron chi connectivity index (χ3n) is 5.05. The molecule has 1 aliphatic carbocycles. The van der Waals surface area contributed by atoms with Crippen LogP contribution in [-0.2, 0) is 19.1 Å². The van der Waals surface area contributed by atoms with E-state index in [0.717, 1.165) is 22.3 Å². The molecule has 0 aromatic heterocycles. The van der Waals surface area contributed by atoms with Gasteiger partial charge in [0.1, 0.15) is 19.2 Å². The van der Waals surface area contributed by atoms with Crippen LogP contribution in [0.1, 0.15) is 37.8 Å². The normalized spacial score (nSPS) is 13.6. The molecule has 32 heavy (non-hydrogen) atoms. The van der Waals surface area contributed by atoms with Gasteiger partial charge in [0.2, 0.25) is 5.91 Å². The van der Waals surface area contributed by atoms with Gasteiger partial charge in [0, 0.05) is 5.92 Å². The smallest absolute Gasteiger partial charge is 0.407 e. The van der Waals surface area contributed by atoms with Crippen LogP contribution in [0.3, 0.4) is 0 Å². The molecule has 0 unspecified atom stereocenters. The SMILES string of the molecule is CC(C)(C)OC[C@@H](NC(=O)OCC1c2ccccc2-c2ccccc21)C(=O)NCC(=O)O. The van der Waals surface area contributed by atoms with Gasteiger partial charge in [-0.3, -0.25) is 9.59 Å². The highest BCUT2D eigenvalue weighted by Gasteiger charge is 2.30. The summed E-state index contributed by atoms with van der Waals surface area (Å²) in [5, 5.41) is 13.5. The van der Waals surface area contributed by atoms with E-state index in [4.69, 9.17) is 14.6 Å². The zero-order valence-corrected chi connectivity index (χ0v) is 18.4. The minimum absolute atomic E-state index is 0.101. The number of fused-ring (bicyclic) bond motifs is 3. The number of carbonyl (C=O) groups excluding carboxylic acids is 2. The first-order chi connectivity index (χ1) is 15.2. The van der Waals surface area contributed by atoms with Gasteiger partial charge in [-0.05, 0) is 43.0 Å². The van der Waals surface area contributed by atoms with Gasteiger partial charge in [0.15, 0.2) is 0 Å². The van der Waals surface area contributed by atoms with Gasteiger partial charge in [-0.15, -0.1) is 0 Å². The fourth-order valence-corrected chi connectivity index (χ4v) is 3.58. The number of hydrogen-bond donors (Lipinski definition) is 3. The number of carboxylic acid groups (broad SMARTS) is 1. The zero-order valence-electron chi connectivity index (χ0n) is 18.4. The second-order valence-electron chi connectivity index (χ2n) is 8.56. The van der Waals surface area contributed by atoms with Crippen molar-refractivity contribution in [3.8, 4) is 11.1 Å². The Bertz CT molecular complexity index is 952. The van der Waals surface area contributed by atoms with E-state index in [2.05, 4.69) is 10.6 Å². The second kappa shape index (κ2) is 9.82. The van der Waals surface area contributed by atoms with E-state index < -0.39 is 36.2 Å². The molecule has 0 heterocycles. The predicted molar refractivity (Wildman–Crippen MR) is 118 cm³/mol. The lowest BCUT2D eigenvalue weighted by Gasteiger charge is -2.24. The van der Waals surface area contributed by atoms with Crippen LogP contribution in [0.25, 0.3) is 11.1 Å². The van der Waals surface area contributed by atoms with E-state index >= 15 is 0 Å². The highest BCUT2D eigenvalue weighted by molar-refractivity contribution is 5.88. The second-order valence-corrected chi connectivity index (χ2v) is 8.56. The summed E-state index contributed by atoms with van der Waals surface area (Å²) in [6, 6.07) is 14.9. The van der Waals surface area contributed by atoms with Crippen molar-refractivity contribution in [2.45, 2.75) is 38.3 Å². The van der Waals surface area contributed by atoms with E-state index in [-0.39, 0.29) is 19.1 Å². The van der Waals surface area contributed by atoms with Crippen LogP contribution in [-0.4, -0.2) is 54.5 Å². The van der Waals surface area contributed by atoms with Gasteiger partial charge in [-0.2, -0.15) is 0 Å². The van der Waals surface area contributed by atoms with Crippen LogP contribution in [0, 0.1) is 0 Å². The third kappa shape index (κ3) is 5.85. The summed E-state index contributed by atoms with van der Waals surface area (Å²) in [4.78, 5) is 35.6. The van der Waals surface area contributed by atoms with Gasteiger partial charge < -0.3 is 25.2 Å². The molecule has 0 saturated carbocycles. The number of amides is 2. The minimum Gasteiger partial charge on any atom is -0.480 e. The molecular weight excluding hydrogens is 412 g/mol. The van der Waals surface area contributed by atoms with E-state index in [1.54, 1.807) is 0 Å². The molecule has 8 heteroatoms. The molecule has 2 aromatic rings. The van der Waals surface area contributed by atoms with Gasteiger partial charge in [-0.1, -0.05) is 48.5 Å². The van der Waals surface area contributed by atoms with E-state index in [1.165, 1.54) is 0 Å². The van der Waals surface area contributed by atoms with Crippen molar-refractivity contribution in [3.05, 3.63) is 59.7 Å². The molecule has 1 atom stereocenters. The molecule has 0 fully saturated rings. The van der Waals surface area contributed by atoms with Crippen molar-refractivity contribution in [1.29, 1.82) is 0 Å². The number of alkyl carbamates (subject to hydrolysis) is 1. The van der Waals surface area contributed by atoms with Gasteiger partial charge >= 0.3 is 12.1 Å². The number of rotatable bonds is 8. The summed E-state index contributed by atoms with van der Waals surface area (Å²) >= 11 is 0. The van der Waals surface area contributed by atoms with Crippen molar-refractivity contribution >= 4 is 18.0 Å². The molecule has 0 spiro atoms. The molecule has 3 N–H and O–H groups in total. The summed E-state index contributed by atoms with van der Waals surface area (Å²) in [6.07, 6.45) is -0.778. The number of aliphatic carboxylic acids is 1. The molecule has 0 saturated heterocycles. The maximum absolute atomic E-state index is 12.5. The molecular formula is C24H28N2O6. The highest BCUT2D eigenvalue weighted by atomic mass is 16.5. The molecule has 0 bridgehead atoms. The average Bonchev–Trinajstić information content (AvgIpc) is 3.06. The van der Waals surface area contributed by atoms with Gasteiger partial charge in [0.25, 0.3) is 0 Å². The highest BCUT2D eigenvalue weighted by Crippen LogP contribution is 2.44. The van der Waals surface area contributed by atoms with Crippen LogP contribution in [0.15, 0.2) is 48.5 Å². The average molecular weight is 440 g/mol. The Kier molecular flexibility index (Phi) is 7.15. The summed E-state index contributed by atoms with van der Waals surface area (Å²) in [7, 11) is 0. The fourth-order valence-electron chi connectivity index (χ4n) is 3.58. The lowest BCUT2D eigenvalue weighted by Crippen LogP contribution is -2.51. The Morgan fingerprint density at radius 1 is 1.00 bits per heavy atom. The quantitative estimate of drug-likeness (QED) is 0.582. The van der Waals surface area contributed by atoms with Gasteiger partial charge in [0.05, 0.1) is 12.2 Å². The minimum atomic E-state index is -1.19. The Labute approximate surface area is 186 Å². The lowest BCUT2D eigenvalue weighted by atomic mass is 9.98. The molecule has 2 amide bonds. The van der Waals surface area contributed by atoms with Crippen LogP contribution in [0.5, 0.6) is 0 Å². The number of carbonyl (C=O) groups is 3. The molecule has 170 valence electrons. The van der Waals surface area contributed by atoms with Crippen LogP contribution < -0.4 is 10.6 Å². The largest absolute Gasteiger partial charge is 0.480 e. The molecule has 0 aliphatic heterocycles. The van der Waals surface area contributed by atoms with Crippen LogP contribution in [0.2, 0.25) is 0 Å². The first-order valence-electron chi connectivity index (χ1n) is 10.4. The first-order valence-corrected chi connectivity index (χ1v) is 10.4. The molecule has 3 rings (SSSR count). The zero-order chi connectivity index (χ0) is 23.3. The summed E-state index contributed by atoms with van der Waals surface area (Å²) in [5.41, 5.74) is 3.83. The van der Waals surface area contributed by atoms with E-state index in [9.17, 15) is 14.4 Å². The van der Waals surface area contributed by atoms with Crippen LogP contribution >= 0.6 is 0 Å². The lowest BCUT2D eigenvalue weighted by molar-refractivity contribution is -0.138. The van der Waals surface area contributed by atoms with Crippen molar-refractivity contribution in [2.24, 2.45) is 0 Å². The number of nitrogens with one attached hydrogen (secondary N) is 2. The molecule has 8 nitrogen and oxygen atoms in total. The van der Waals surface area contributed by atoms with Crippen molar-refractivity contribution in [3.63, 3.8) is 0 Å². The summed E-state index contributed by atoms with van der Waals surface area (Å²) < 4.78 is 11.1. The first kappa shape index (κ1) is 23.3. The molecule has 1 aliphatic rings. The third-order valence-corrected chi connectivity index (χ3v) is 5.05. The number of benzene rings is 2. The van der Waals surface area contributed by atoms with Crippen LogP contribution in [0.4, 0.5) is 4.79 Å². The predicted octanol–water partition coefficient (Wildman–Crippen LogP) is 2.91. The molecule has 0 radical (unpaired) electrons. The molecule has 2 aromatic carbocycles. The maximum Gasteiger partial charge on any atom is 0.407 e. The summed E-state index contributed by atoms with van der Waals surface area (Å²) in [6.45, 7) is 4.85. The van der Waals surface area contributed by atoms with Crippen molar-refractivity contribution < 1.29 is 29.0 Å². The van der Waals surface area contributed by atoms with Gasteiger partial charge in [-0.25, -0.2) is 4.79 Å². The Morgan fingerprint density at radius 3 is 2.09 bits per heavy atom. The van der Waals surface area contributed by atoms with Crippen molar-refractivity contribution in [2.75, 3.05) is 19.8 Å². The summed E-state index contributed by atoms with van der Waals surface area (Å²) in [5.74, 6) is -1.96. The number of hydrogen-bond acceptors (Lipinski definition) is 5.